The maximum absolute atomic E-state index is 11.0. The number of benzene rings is 1. The van der Waals surface area contributed by atoms with E-state index in [2.05, 4.69) is 19.2 Å². The molecule has 1 aliphatic carbocycles. The molecule has 0 radical (unpaired) electrons. The molecule has 2 rings (SSSR count). The SMILES string of the molecule is CCC1(C)C(NC)CC1Oc1cc(C)c([N+](=O)[O-])cc1C. The lowest BCUT2D eigenvalue weighted by Gasteiger charge is -2.53. The van der Waals surface area contributed by atoms with E-state index >= 15 is 0 Å². The lowest BCUT2D eigenvalue weighted by atomic mass is 9.61. The number of nitro groups is 1. The fraction of sp³-hybridized carbons (Fsp3) is 0.625. The van der Waals surface area contributed by atoms with E-state index in [0.717, 1.165) is 24.2 Å². The third-order valence-corrected chi connectivity index (χ3v) is 5.05. The molecule has 1 saturated carbocycles. The van der Waals surface area contributed by atoms with E-state index in [-0.39, 0.29) is 22.1 Å². The Morgan fingerprint density at radius 2 is 2.10 bits per heavy atom. The van der Waals surface area contributed by atoms with E-state index in [0.29, 0.717) is 11.6 Å². The highest BCUT2D eigenvalue weighted by Gasteiger charge is 2.51. The maximum Gasteiger partial charge on any atom is 0.272 e. The fourth-order valence-electron chi connectivity index (χ4n) is 3.17. The third-order valence-electron chi connectivity index (χ3n) is 5.05. The summed E-state index contributed by atoms with van der Waals surface area (Å²) in [4.78, 5) is 10.6. The van der Waals surface area contributed by atoms with Gasteiger partial charge < -0.3 is 10.1 Å². The zero-order chi connectivity index (χ0) is 15.8. The Kier molecular flexibility index (Phi) is 4.23. The molecule has 1 fully saturated rings. The molecular formula is C16H24N2O3. The summed E-state index contributed by atoms with van der Waals surface area (Å²) in [5.41, 5.74) is 1.72. The van der Waals surface area contributed by atoms with Crippen molar-refractivity contribution in [2.24, 2.45) is 5.41 Å². The van der Waals surface area contributed by atoms with Gasteiger partial charge in [-0.1, -0.05) is 13.8 Å². The number of aryl methyl sites for hydroxylation is 2. The number of nitrogens with zero attached hydrogens (tertiary/aromatic N) is 1. The van der Waals surface area contributed by atoms with Crippen LogP contribution in [-0.4, -0.2) is 24.1 Å². The van der Waals surface area contributed by atoms with Gasteiger partial charge in [-0.05, 0) is 38.9 Å². The van der Waals surface area contributed by atoms with E-state index in [4.69, 9.17) is 4.74 Å². The summed E-state index contributed by atoms with van der Waals surface area (Å²) in [7, 11) is 1.98. The van der Waals surface area contributed by atoms with Crippen molar-refractivity contribution in [3.8, 4) is 5.75 Å². The predicted octanol–water partition coefficient (Wildman–Crippen LogP) is 3.37. The van der Waals surface area contributed by atoms with E-state index < -0.39 is 0 Å². The van der Waals surface area contributed by atoms with Crippen molar-refractivity contribution in [3.63, 3.8) is 0 Å². The number of nitro benzene ring substituents is 1. The van der Waals surface area contributed by atoms with Crippen LogP contribution in [0.1, 0.15) is 37.8 Å². The van der Waals surface area contributed by atoms with Crippen molar-refractivity contribution >= 4 is 5.69 Å². The van der Waals surface area contributed by atoms with Crippen LogP contribution in [0.2, 0.25) is 0 Å². The summed E-state index contributed by atoms with van der Waals surface area (Å²) in [5, 5.41) is 14.3. The monoisotopic (exact) mass is 292 g/mol. The minimum atomic E-state index is -0.345. The molecule has 0 bridgehead atoms. The van der Waals surface area contributed by atoms with Crippen molar-refractivity contribution in [2.75, 3.05) is 7.05 Å². The average molecular weight is 292 g/mol. The molecule has 0 aliphatic heterocycles. The Hall–Kier alpha value is -1.62. The van der Waals surface area contributed by atoms with Crippen LogP contribution in [0.15, 0.2) is 12.1 Å². The molecule has 5 nitrogen and oxygen atoms in total. The van der Waals surface area contributed by atoms with Crippen molar-refractivity contribution in [2.45, 2.75) is 52.7 Å². The van der Waals surface area contributed by atoms with Crippen LogP contribution >= 0.6 is 0 Å². The lowest BCUT2D eigenvalue weighted by Crippen LogP contribution is -2.62. The van der Waals surface area contributed by atoms with Crippen LogP contribution in [0.5, 0.6) is 5.75 Å². The van der Waals surface area contributed by atoms with Gasteiger partial charge in [-0.15, -0.1) is 0 Å². The Bertz CT molecular complexity index is 559. The van der Waals surface area contributed by atoms with Crippen LogP contribution in [0.3, 0.4) is 0 Å². The standard InChI is InChI=1S/C16H24N2O3/c1-6-16(4)14(17-5)9-15(16)21-13-8-10(2)12(18(19)20)7-11(13)3/h7-8,14-15,17H,6,9H2,1-5H3. The van der Waals surface area contributed by atoms with Gasteiger partial charge in [0.05, 0.1) is 4.92 Å². The first-order valence-corrected chi connectivity index (χ1v) is 7.43. The molecular weight excluding hydrogens is 268 g/mol. The van der Waals surface area contributed by atoms with Crippen LogP contribution in [0, 0.1) is 29.4 Å². The lowest BCUT2D eigenvalue weighted by molar-refractivity contribution is -0.385. The first-order valence-electron chi connectivity index (χ1n) is 7.43. The zero-order valence-corrected chi connectivity index (χ0v) is 13.4. The second kappa shape index (κ2) is 5.64. The van der Waals surface area contributed by atoms with Crippen molar-refractivity contribution in [3.05, 3.63) is 33.4 Å². The van der Waals surface area contributed by atoms with Gasteiger partial charge in [0.2, 0.25) is 0 Å². The van der Waals surface area contributed by atoms with Gasteiger partial charge in [0, 0.05) is 29.5 Å². The molecule has 21 heavy (non-hydrogen) atoms. The molecule has 1 N–H and O–H groups in total. The predicted molar refractivity (Wildman–Crippen MR) is 82.8 cm³/mol. The first-order chi connectivity index (χ1) is 9.83. The minimum Gasteiger partial charge on any atom is -0.489 e. The number of hydrogen-bond donors (Lipinski definition) is 1. The van der Waals surface area contributed by atoms with Crippen LogP contribution in [-0.2, 0) is 0 Å². The molecule has 3 unspecified atom stereocenters. The van der Waals surface area contributed by atoms with Gasteiger partial charge >= 0.3 is 0 Å². The quantitative estimate of drug-likeness (QED) is 0.667. The fourth-order valence-corrected chi connectivity index (χ4v) is 3.17. The second-order valence-corrected chi connectivity index (χ2v) is 6.20. The molecule has 1 aromatic carbocycles. The zero-order valence-electron chi connectivity index (χ0n) is 13.4. The molecule has 0 saturated heterocycles. The Morgan fingerprint density at radius 1 is 1.43 bits per heavy atom. The highest BCUT2D eigenvalue weighted by Crippen LogP contribution is 2.46. The summed E-state index contributed by atoms with van der Waals surface area (Å²) in [6, 6.07) is 3.85. The Balaban J connectivity index is 2.22. The topological polar surface area (TPSA) is 64.4 Å². The van der Waals surface area contributed by atoms with Gasteiger partial charge in [0.25, 0.3) is 5.69 Å². The number of hydrogen-bond acceptors (Lipinski definition) is 4. The van der Waals surface area contributed by atoms with Gasteiger partial charge in [0.1, 0.15) is 11.9 Å². The summed E-state index contributed by atoms with van der Waals surface area (Å²) in [5.74, 6) is 0.761. The number of rotatable bonds is 5. The van der Waals surface area contributed by atoms with E-state index in [1.54, 1.807) is 19.1 Å². The van der Waals surface area contributed by atoms with Crippen LogP contribution < -0.4 is 10.1 Å². The minimum absolute atomic E-state index is 0.108. The molecule has 1 aromatic rings. The molecule has 1 aliphatic rings. The highest BCUT2D eigenvalue weighted by atomic mass is 16.6. The normalized spacial score (nSPS) is 28.0. The van der Waals surface area contributed by atoms with E-state index in [1.165, 1.54) is 0 Å². The van der Waals surface area contributed by atoms with Crippen LogP contribution in [0.25, 0.3) is 0 Å². The van der Waals surface area contributed by atoms with Gasteiger partial charge in [-0.3, -0.25) is 10.1 Å². The molecule has 0 heterocycles. The van der Waals surface area contributed by atoms with Crippen LogP contribution in [0.4, 0.5) is 5.69 Å². The van der Waals surface area contributed by atoms with Crippen molar-refractivity contribution < 1.29 is 9.66 Å². The van der Waals surface area contributed by atoms with Crippen molar-refractivity contribution in [1.82, 2.24) is 5.32 Å². The molecule has 0 spiro atoms. The average Bonchev–Trinajstić information content (AvgIpc) is 2.44. The summed E-state index contributed by atoms with van der Waals surface area (Å²) in [6.07, 6.45) is 2.16. The summed E-state index contributed by atoms with van der Waals surface area (Å²) < 4.78 is 6.17. The van der Waals surface area contributed by atoms with Gasteiger partial charge in [-0.25, -0.2) is 0 Å². The number of nitrogens with one attached hydrogen (secondary N) is 1. The Morgan fingerprint density at radius 3 is 2.62 bits per heavy atom. The maximum atomic E-state index is 11.0. The van der Waals surface area contributed by atoms with Crippen molar-refractivity contribution in [1.29, 1.82) is 0 Å². The summed E-state index contributed by atoms with van der Waals surface area (Å²) >= 11 is 0. The highest BCUT2D eigenvalue weighted by molar-refractivity contribution is 5.49. The Labute approximate surface area is 125 Å². The van der Waals surface area contributed by atoms with E-state index in [1.807, 2.05) is 14.0 Å². The van der Waals surface area contributed by atoms with Gasteiger partial charge in [0.15, 0.2) is 0 Å². The third kappa shape index (κ3) is 2.62. The molecule has 3 atom stereocenters. The smallest absolute Gasteiger partial charge is 0.272 e. The number of ether oxygens (including phenoxy) is 1. The largest absolute Gasteiger partial charge is 0.489 e. The molecule has 116 valence electrons. The summed E-state index contributed by atoms with van der Waals surface area (Å²) in [6.45, 7) is 8.02. The van der Waals surface area contributed by atoms with Gasteiger partial charge in [-0.2, -0.15) is 0 Å². The molecule has 0 amide bonds. The molecule has 5 heteroatoms. The first kappa shape index (κ1) is 15.8. The molecule has 0 aromatic heterocycles. The van der Waals surface area contributed by atoms with E-state index in [9.17, 15) is 10.1 Å². The second-order valence-electron chi connectivity index (χ2n) is 6.20.